The van der Waals surface area contributed by atoms with Crippen LogP contribution in [-0.2, 0) is 0 Å². The zero-order valence-electron chi connectivity index (χ0n) is 15.9. The van der Waals surface area contributed by atoms with Crippen molar-refractivity contribution in [1.82, 2.24) is 20.0 Å². The molecule has 0 bridgehead atoms. The van der Waals surface area contributed by atoms with E-state index >= 15 is 0 Å². The fourth-order valence-corrected chi connectivity index (χ4v) is 4.23. The van der Waals surface area contributed by atoms with Crippen molar-refractivity contribution in [3.05, 3.63) is 66.4 Å². The molecule has 0 spiro atoms. The molecule has 0 saturated carbocycles. The highest BCUT2D eigenvalue weighted by atomic mass is 16.2. The van der Waals surface area contributed by atoms with Gasteiger partial charge < -0.3 is 15.1 Å². The number of rotatable bonds is 4. The fourth-order valence-electron chi connectivity index (χ4n) is 4.23. The van der Waals surface area contributed by atoms with E-state index in [0.29, 0.717) is 12.2 Å². The lowest BCUT2D eigenvalue weighted by atomic mass is 10.1. The Hall–Kier alpha value is -3.79. The second kappa shape index (κ2) is 6.67. The number of nitrogens with zero attached hydrogens (tertiary/aromatic N) is 4. The summed E-state index contributed by atoms with van der Waals surface area (Å²) in [5, 5.41) is 19.8. The van der Waals surface area contributed by atoms with Crippen LogP contribution in [0.3, 0.4) is 0 Å². The Morgan fingerprint density at radius 3 is 2.69 bits per heavy atom. The Balaban J connectivity index is 1.37. The van der Waals surface area contributed by atoms with Crippen LogP contribution in [0.25, 0.3) is 11.3 Å². The zero-order valence-corrected chi connectivity index (χ0v) is 15.9. The van der Waals surface area contributed by atoms with Crippen LogP contribution in [0.5, 0.6) is 0 Å². The molecule has 7 nitrogen and oxygen atoms in total. The first-order chi connectivity index (χ1) is 14.2. The number of hydrogen-bond donors (Lipinski definition) is 2. The standard InChI is InChI=1S/C22H20N6O/c1-14-21-20(12-27(14)13-23)28(21)22(29)19-11-18(25-26-19)16-9-5-6-10-17(16)24-15-7-3-2-4-8-15/h2-11,14,20-21,24H,12H2,1H3,(H,25,26)/t14?,20?,21-,28?/m0/s1. The first-order valence-electron chi connectivity index (χ1n) is 9.63. The summed E-state index contributed by atoms with van der Waals surface area (Å²) < 4.78 is 0. The van der Waals surface area contributed by atoms with E-state index in [-0.39, 0.29) is 24.0 Å². The van der Waals surface area contributed by atoms with Gasteiger partial charge in [0, 0.05) is 16.9 Å². The largest absolute Gasteiger partial charge is 0.355 e. The number of amides is 1. The molecule has 0 aliphatic carbocycles. The molecule has 2 aliphatic rings. The number of carbonyl (C=O) groups is 1. The molecule has 2 aliphatic heterocycles. The molecule has 2 N–H and O–H groups in total. The number of piperazine rings is 1. The molecule has 3 atom stereocenters. The van der Waals surface area contributed by atoms with Crippen LogP contribution in [0, 0.1) is 11.5 Å². The number of fused-ring (bicyclic) bond motifs is 1. The lowest BCUT2D eigenvalue weighted by Gasteiger charge is -2.20. The van der Waals surface area contributed by atoms with Crippen LogP contribution in [0.15, 0.2) is 60.7 Å². The molecule has 3 heterocycles. The fraction of sp³-hybridized carbons (Fsp3) is 0.227. The lowest BCUT2D eigenvalue weighted by Crippen LogP contribution is -2.35. The van der Waals surface area contributed by atoms with Crippen molar-refractivity contribution in [3.63, 3.8) is 0 Å². The molecule has 1 amide bonds. The molecule has 2 saturated heterocycles. The molecule has 2 fully saturated rings. The number of nitriles is 1. The third-order valence-corrected chi connectivity index (χ3v) is 5.78. The molecule has 0 radical (unpaired) electrons. The van der Waals surface area contributed by atoms with Crippen molar-refractivity contribution in [2.75, 3.05) is 11.9 Å². The number of carbonyl (C=O) groups excluding carboxylic acids is 1. The summed E-state index contributed by atoms with van der Waals surface area (Å²) in [6.45, 7) is 2.60. The highest BCUT2D eigenvalue weighted by molar-refractivity contribution is 5.96. The van der Waals surface area contributed by atoms with Gasteiger partial charge >= 0.3 is 0 Å². The van der Waals surface area contributed by atoms with Crippen LogP contribution < -0.4 is 5.32 Å². The van der Waals surface area contributed by atoms with Crippen LogP contribution in [0.1, 0.15) is 17.4 Å². The van der Waals surface area contributed by atoms with E-state index < -0.39 is 0 Å². The third-order valence-electron chi connectivity index (χ3n) is 5.78. The SMILES string of the molecule is CC1[C@H]2C(CN1C#N)N2C(=O)c1cc(-c2ccccc2Nc2ccccc2)[nH]n1. The maximum atomic E-state index is 12.9. The van der Waals surface area contributed by atoms with E-state index in [4.69, 9.17) is 5.26 Å². The van der Waals surface area contributed by atoms with Gasteiger partial charge in [-0.3, -0.25) is 9.89 Å². The van der Waals surface area contributed by atoms with Gasteiger partial charge in [0.15, 0.2) is 11.9 Å². The maximum absolute atomic E-state index is 12.9. The molecule has 7 heteroatoms. The predicted octanol–water partition coefficient (Wildman–Crippen LogP) is 3.20. The zero-order chi connectivity index (χ0) is 20.0. The number of aromatic amines is 1. The topological polar surface area (TPSA) is 87.8 Å². The minimum absolute atomic E-state index is 0.0585. The van der Waals surface area contributed by atoms with Crippen LogP contribution in [-0.4, -0.2) is 50.6 Å². The average molecular weight is 384 g/mol. The Morgan fingerprint density at radius 1 is 1.21 bits per heavy atom. The van der Waals surface area contributed by atoms with Crippen molar-refractivity contribution >= 4 is 17.3 Å². The number of benzene rings is 2. The molecular weight excluding hydrogens is 364 g/mol. The van der Waals surface area contributed by atoms with Gasteiger partial charge in [0.05, 0.1) is 30.4 Å². The van der Waals surface area contributed by atoms with Gasteiger partial charge in [-0.15, -0.1) is 0 Å². The Labute approximate surface area is 168 Å². The first kappa shape index (κ1) is 17.3. The maximum Gasteiger partial charge on any atom is 0.275 e. The van der Waals surface area contributed by atoms with Gasteiger partial charge in [0.2, 0.25) is 0 Å². The smallest absolute Gasteiger partial charge is 0.275 e. The summed E-state index contributed by atoms with van der Waals surface area (Å²) in [6, 6.07) is 19.9. The molecule has 2 aromatic carbocycles. The molecule has 2 unspecified atom stereocenters. The molecular formula is C22H20N6O. The van der Waals surface area contributed by atoms with Gasteiger partial charge in [0.25, 0.3) is 5.91 Å². The highest BCUT2D eigenvalue weighted by Gasteiger charge is 2.61. The second-order valence-electron chi connectivity index (χ2n) is 7.47. The number of hydrogen-bond acceptors (Lipinski definition) is 5. The minimum atomic E-state index is -0.0829. The summed E-state index contributed by atoms with van der Waals surface area (Å²) in [5.41, 5.74) is 4.05. The lowest BCUT2D eigenvalue weighted by molar-refractivity contribution is 0.0827. The van der Waals surface area contributed by atoms with Gasteiger partial charge in [-0.1, -0.05) is 36.4 Å². The van der Waals surface area contributed by atoms with Crippen LogP contribution in [0.2, 0.25) is 0 Å². The summed E-state index contributed by atoms with van der Waals surface area (Å²) in [4.78, 5) is 16.5. The second-order valence-corrected chi connectivity index (χ2v) is 7.47. The van der Waals surface area contributed by atoms with Crippen LogP contribution >= 0.6 is 0 Å². The van der Waals surface area contributed by atoms with E-state index in [1.165, 1.54) is 0 Å². The first-order valence-corrected chi connectivity index (χ1v) is 9.63. The van der Waals surface area contributed by atoms with Crippen molar-refractivity contribution in [3.8, 4) is 17.5 Å². The number of para-hydroxylation sites is 2. The van der Waals surface area contributed by atoms with E-state index in [1.807, 2.05) is 66.4 Å². The van der Waals surface area contributed by atoms with Crippen molar-refractivity contribution in [2.24, 2.45) is 0 Å². The van der Waals surface area contributed by atoms with Crippen molar-refractivity contribution in [2.45, 2.75) is 25.0 Å². The van der Waals surface area contributed by atoms with E-state index in [9.17, 15) is 4.79 Å². The summed E-state index contributed by atoms with van der Waals surface area (Å²) in [5.74, 6) is -0.0829. The normalized spacial score (nSPS) is 22.1. The number of aromatic nitrogens is 2. The van der Waals surface area contributed by atoms with E-state index in [2.05, 4.69) is 21.7 Å². The summed E-state index contributed by atoms with van der Waals surface area (Å²) in [7, 11) is 0. The Kier molecular flexibility index (Phi) is 3.98. The minimum Gasteiger partial charge on any atom is -0.355 e. The van der Waals surface area contributed by atoms with E-state index in [1.54, 1.807) is 11.0 Å². The monoisotopic (exact) mass is 384 g/mol. The molecule has 5 rings (SSSR count). The Bertz CT molecular complexity index is 1100. The van der Waals surface area contributed by atoms with Gasteiger partial charge in [0.1, 0.15) is 0 Å². The van der Waals surface area contributed by atoms with Gasteiger partial charge in [-0.2, -0.15) is 10.4 Å². The highest BCUT2D eigenvalue weighted by Crippen LogP contribution is 2.41. The quantitative estimate of drug-likeness (QED) is 0.533. The number of nitrogens with one attached hydrogen (secondary N) is 2. The number of likely N-dealkylation sites (tertiary alicyclic amines) is 1. The van der Waals surface area contributed by atoms with E-state index in [0.717, 1.165) is 22.6 Å². The third kappa shape index (κ3) is 2.90. The molecule has 1 aromatic heterocycles. The summed E-state index contributed by atoms with van der Waals surface area (Å²) >= 11 is 0. The van der Waals surface area contributed by atoms with Gasteiger partial charge in [-0.25, -0.2) is 0 Å². The molecule has 144 valence electrons. The predicted molar refractivity (Wildman–Crippen MR) is 109 cm³/mol. The molecule has 29 heavy (non-hydrogen) atoms. The van der Waals surface area contributed by atoms with Gasteiger partial charge in [-0.05, 0) is 31.2 Å². The average Bonchev–Trinajstić information content (AvgIpc) is 3.07. The summed E-state index contributed by atoms with van der Waals surface area (Å²) in [6.07, 6.45) is 2.19. The number of H-pyrrole nitrogens is 1. The number of anilines is 2. The van der Waals surface area contributed by atoms with Crippen molar-refractivity contribution in [1.29, 1.82) is 5.26 Å². The Morgan fingerprint density at radius 2 is 1.97 bits per heavy atom. The van der Waals surface area contributed by atoms with Crippen LogP contribution in [0.4, 0.5) is 11.4 Å². The molecule has 3 aromatic rings. The van der Waals surface area contributed by atoms with Crippen molar-refractivity contribution < 1.29 is 4.79 Å².